The van der Waals surface area contributed by atoms with Crippen molar-refractivity contribution in [2.45, 2.75) is 25.2 Å². The zero-order valence-electron chi connectivity index (χ0n) is 11.2. The normalized spacial score (nSPS) is 13.1. The predicted molar refractivity (Wildman–Crippen MR) is 70.7 cm³/mol. The number of methoxy groups -OCH3 is 1. The molecule has 0 heterocycles. The maximum absolute atomic E-state index is 12.3. The van der Waals surface area contributed by atoms with Crippen LogP contribution in [-0.4, -0.2) is 32.7 Å². The molecule has 0 bridgehead atoms. The van der Waals surface area contributed by atoms with Crippen molar-refractivity contribution in [2.75, 3.05) is 25.6 Å². The number of anilines is 1. The first-order valence-corrected chi connectivity index (χ1v) is 6.26. The van der Waals surface area contributed by atoms with Gasteiger partial charge >= 0.3 is 6.36 Å². The van der Waals surface area contributed by atoms with E-state index in [0.717, 1.165) is 6.42 Å². The molecular weight excluding hydrogens is 273 g/mol. The molecule has 1 unspecified atom stereocenters. The molecule has 114 valence electrons. The number of nitrogens with two attached hydrogens (primary N) is 1. The van der Waals surface area contributed by atoms with Gasteiger partial charge in [-0.3, -0.25) is 0 Å². The average Bonchev–Trinajstić information content (AvgIpc) is 2.37. The van der Waals surface area contributed by atoms with Gasteiger partial charge in [-0.15, -0.1) is 13.2 Å². The molecule has 0 aliphatic heterocycles. The summed E-state index contributed by atoms with van der Waals surface area (Å²) in [5.41, 5.74) is 5.72. The Hall–Kier alpha value is -1.47. The van der Waals surface area contributed by atoms with E-state index < -0.39 is 6.36 Å². The number of para-hydroxylation sites is 2. The number of hydrogen-bond donors (Lipinski definition) is 2. The second-order valence-electron chi connectivity index (χ2n) is 4.27. The van der Waals surface area contributed by atoms with Crippen LogP contribution in [0, 0.1) is 0 Å². The van der Waals surface area contributed by atoms with Crippen molar-refractivity contribution >= 4 is 5.69 Å². The molecule has 1 aromatic carbocycles. The summed E-state index contributed by atoms with van der Waals surface area (Å²) >= 11 is 0. The molecule has 20 heavy (non-hydrogen) atoms. The first kappa shape index (κ1) is 16.6. The first-order valence-electron chi connectivity index (χ1n) is 6.26. The average molecular weight is 292 g/mol. The minimum absolute atomic E-state index is 0.124. The molecule has 0 aliphatic rings. The van der Waals surface area contributed by atoms with Gasteiger partial charge in [0.2, 0.25) is 0 Å². The zero-order valence-corrected chi connectivity index (χ0v) is 11.2. The molecule has 3 N–H and O–H groups in total. The van der Waals surface area contributed by atoms with Crippen molar-refractivity contribution in [3.63, 3.8) is 0 Å². The standard InChI is InChI=1S/C13H19F3N2O2/c1-19-9-10(5-4-8-17)18-11-6-2-3-7-12(11)20-13(14,15)16/h2-3,6-7,10,18H,4-5,8-9,17H2,1H3. The van der Waals surface area contributed by atoms with Crippen LogP contribution in [0.4, 0.5) is 18.9 Å². The van der Waals surface area contributed by atoms with Crippen LogP contribution in [0.25, 0.3) is 0 Å². The molecule has 1 rings (SSSR count). The Morgan fingerprint density at radius 1 is 1.30 bits per heavy atom. The largest absolute Gasteiger partial charge is 0.573 e. The third-order valence-electron chi connectivity index (χ3n) is 2.60. The van der Waals surface area contributed by atoms with Crippen LogP contribution in [0.2, 0.25) is 0 Å². The third kappa shape index (κ3) is 6.12. The molecule has 0 amide bonds. The molecule has 0 aromatic heterocycles. The number of nitrogens with one attached hydrogen (secondary N) is 1. The smallest absolute Gasteiger partial charge is 0.404 e. The van der Waals surface area contributed by atoms with Crippen LogP contribution in [0.15, 0.2) is 24.3 Å². The number of benzene rings is 1. The second kappa shape index (κ2) is 7.96. The highest BCUT2D eigenvalue weighted by atomic mass is 19.4. The molecule has 0 saturated heterocycles. The topological polar surface area (TPSA) is 56.5 Å². The lowest BCUT2D eigenvalue weighted by Crippen LogP contribution is -2.27. The molecule has 7 heteroatoms. The van der Waals surface area contributed by atoms with Gasteiger partial charge in [0.1, 0.15) is 0 Å². The van der Waals surface area contributed by atoms with Gasteiger partial charge in [-0.1, -0.05) is 12.1 Å². The molecular formula is C13H19F3N2O2. The number of ether oxygens (including phenoxy) is 2. The summed E-state index contributed by atoms with van der Waals surface area (Å²) in [4.78, 5) is 0. The lowest BCUT2D eigenvalue weighted by molar-refractivity contribution is -0.274. The van der Waals surface area contributed by atoms with Crippen molar-refractivity contribution in [3.05, 3.63) is 24.3 Å². The van der Waals surface area contributed by atoms with Crippen LogP contribution in [0.5, 0.6) is 5.75 Å². The Labute approximate surface area is 116 Å². The van der Waals surface area contributed by atoms with Gasteiger partial charge in [0.05, 0.1) is 12.3 Å². The maximum Gasteiger partial charge on any atom is 0.573 e. The van der Waals surface area contributed by atoms with E-state index in [-0.39, 0.29) is 17.5 Å². The number of halogens is 3. The Balaban J connectivity index is 2.78. The highest BCUT2D eigenvalue weighted by molar-refractivity contribution is 5.56. The predicted octanol–water partition coefficient (Wildman–Crippen LogP) is 2.75. The highest BCUT2D eigenvalue weighted by Gasteiger charge is 2.32. The van der Waals surface area contributed by atoms with E-state index >= 15 is 0 Å². The number of hydrogen-bond acceptors (Lipinski definition) is 4. The quantitative estimate of drug-likeness (QED) is 0.773. The monoisotopic (exact) mass is 292 g/mol. The van der Waals surface area contributed by atoms with Crippen molar-refractivity contribution in [1.29, 1.82) is 0 Å². The van der Waals surface area contributed by atoms with E-state index in [2.05, 4.69) is 10.1 Å². The first-order chi connectivity index (χ1) is 9.46. The van der Waals surface area contributed by atoms with Crippen LogP contribution < -0.4 is 15.8 Å². The van der Waals surface area contributed by atoms with Gasteiger partial charge < -0.3 is 20.5 Å². The maximum atomic E-state index is 12.3. The molecule has 0 spiro atoms. The van der Waals surface area contributed by atoms with Crippen LogP contribution in [0.3, 0.4) is 0 Å². The molecule has 1 atom stereocenters. The molecule has 0 fully saturated rings. The van der Waals surface area contributed by atoms with E-state index in [4.69, 9.17) is 10.5 Å². The highest BCUT2D eigenvalue weighted by Crippen LogP contribution is 2.30. The lowest BCUT2D eigenvalue weighted by Gasteiger charge is -2.21. The Morgan fingerprint density at radius 2 is 2.00 bits per heavy atom. The summed E-state index contributed by atoms with van der Waals surface area (Å²) in [5.74, 6) is -0.256. The third-order valence-corrected chi connectivity index (χ3v) is 2.60. The van der Waals surface area contributed by atoms with Gasteiger partial charge in [-0.2, -0.15) is 0 Å². The summed E-state index contributed by atoms with van der Waals surface area (Å²) < 4.78 is 46.0. The molecule has 1 aromatic rings. The lowest BCUT2D eigenvalue weighted by atomic mass is 10.1. The minimum Gasteiger partial charge on any atom is -0.404 e. The zero-order chi connectivity index (χ0) is 15.0. The number of alkyl halides is 3. The van der Waals surface area contributed by atoms with Crippen molar-refractivity contribution in [2.24, 2.45) is 5.73 Å². The summed E-state index contributed by atoms with van der Waals surface area (Å²) in [5, 5.41) is 3.00. The van der Waals surface area contributed by atoms with E-state index in [1.165, 1.54) is 25.3 Å². The molecule has 0 radical (unpaired) electrons. The molecule has 0 saturated carbocycles. The molecule has 0 aliphatic carbocycles. The summed E-state index contributed by atoms with van der Waals surface area (Å²) in [6.45, 7) is 0.892. The Kier molecular flexibility index (Phi) is 6.60. The fraction of sp³-hybridized carbons (Fsp3) is 0.538. The molecule has 4 nitrogen and oxygen atoms in total. The van der Waals surface area contributed by atoms with E-state index in [1.54, 1.807) is 6.07 Å². The van der Waals surface area contributed by atoms with Crippen LogP contribution in [0.1, 0.15) is 12.8 Å². The van der Waals surface area contributed by atoms with Gasteiger partial charge in [0.25, 0.3) is 0 Å². The van der Waals surface area contributed by atoms with Gasteiger partial charge in [-0.25, -0.2) is 0 Å². The van der Waals surface area contributed by atoms with E-state index in [0.29, 0.717) is 19.6 Å². The Bertz CT molecular complexity index is 399. The second-order valence-corrected chi connectivity index (χ2v) is 4.27. The minimum atomic E-state index is -4.72. The fourth-order valence-corrected chi connectivity index (χ4v) is 1.78. The van der Waals surface area contributed by atoms with Crippen LogP contribution in [-0.2, 0) is 4.74 Å². The van der Waals surface area contributed by atoms with Crippen molar-refractivity contribution in [1.82, 2.24) is 0 Å². The summed E-state index contributed by atoms with van der Waals surface area (Å²) in [6, 6.07) is 5.80. The summed E-state index contributed by atoms with van der Waals surface area (Å²) in [7, 11) is 1.54. The van der Waals surface area contributed by atoms with Gasteiger partial charge in [0, 0.05) is 13.2 Å². The van der Waals surface area contributed by atoms with Crippen molar-refractivity contribution in [3.8, 4) is 5.75 Å². The number of rotatable bonds is 8. The van der Waals surface area contributed by atoms with E-state index in [1.807, 2.05) is 0 Å². The van der Waals surface area contributed by atoms with Gasteiger partial charge in [0.15, 0.2) is 5.75 Å². The van der Waals surface area contributed by atoms with Crippen LogP contribution >= 0.6 is 0 Å². The fourth-order valence-electron chi connectivity index (χ4n) is 1.78. The van der Waals surface area contributed by atoms with Crippen molar-refractivity contribution < 1.29 is 22.6 Å². The Morgan fingerprint density at radius 3 is 2.60 bits per heavy atom. The van der Waals surface area contributed by atoms with E-state index in [9.17, 15) is 13.2 Å². The summed E-state index contributed by atoms with van der Waals surface area (Å²) in [6.07, 6.45) is -3.26. The van der Waals surface area contributed by atoms with Gasteiger partial charge in [-0.05, 0) is 31.5 Å². The SMILES string of the molecule is COCC(CCCN)Nc1ccccc1OC(F)(F)F.